The van der Waals surface area contributed by atoms with Crippen LogP contribution in [0.2, 0.25) is 5.02 Å². The van der Waals surface area contributed by atoms with E-state index in [0.717, 1.165) is 22.8 Å². The first-order valence-corrected chi connectivity index (χ1v) is 11.4. The molecule has 2 N–H and O–H groups in total. The van der Waals surface area contributed by atoms with Crippen molar-refractivity contribution in [2.45, 2.75) is 40.7 Å². The summed E-state index contributed by atoms with van der Waals surface area (Å²) < 4.78 is 3.39. The van der Waals surface area contributed by atoms with E-state index in [1.165, 1.54) is 6.20 Å². The second-order valence-corrected chi connectivity index (χ2v) is 8.84. The van der Waals surface area contributed by atoms with Crippen LogP contribution in [0, 0.1) is 27.7 Å². The van der Waals surface area contributed by atoms with E-state index >= 15 is 0 Å². The van der Waals surface area contributed by atoms with Crippen LogP contribution < -0.4 is 10.6 Å². The Balaban J connectivity index is 1.42. The smallest absolute Gasteiger partial charge is 0.257 e. The first-order valence-electron chi connectivity index (χ1n) is 11.1. The van der Waals surface area contributed by atoms with Crippen molar-refractivity contribution in [2.24, 2.45) is 0 Å². The van der Waals surface area contributed by atoms with Gasteiger partial charge < -0.3 is 10.6 Å². The summed E-state index contributed by atoms with van der Waals surface area (Å²) >= 11 is 6.38. The Morgan fingerprint density at radius 3 is 2.20 bits per heavy atom. The van der Waals surface area contributed by atoms with E-state index in [2.05, 4.69) is 25.8 Å². The third kappa shape index (κ3) is 5.25. The summed E-state index contributed by atoms with van der Waals surface area (Å²) in [5, 5.41) is 14.7. The molecular formula is C25H26ClN7O2. The molecule has 0 saturated heterocycles. The predicted octanol–water partition coefficient (Wildman–Crippen LogP) is 4.80. The van der Waals surface area contributed by atoms with Crippen LogP contribution in [0.1, 0.15) is 46.1 Å². The Morgan fingerprint density at radius 2 is 1.63 bits per heavy atom. The van der Waals surface area contributed by atoms with Gasteiger partial charge >= 0.3 is 0 Å². The van der Waals surface area contributed by atoms with E-state index in [4.69, 9.17) is 11.6 Å². The molecule has 3 heterocycles. The Morgan fingerprint density at radius 1 is 0.914 bits per heavy atom. The van der Waals surface area contributed by atoms with Gasteiger partial charge in [-0.2, -0.15) is 10.2 Å². The molecule has 4 aromatic rings. The van der Waals surface area contributed by atoms with E-state index in [1.54, 1.807) is 46.6 Å². The Hall–Kier alpha value is -3.98. The second-order valence-electron chi connectivity index (χ2n) is 8.43. The number of carbonyl (C=O) groups excluding carboxylic acids is 2. The number of halogens is 1. The molecule has 3 aromatic heterocycles. The fourth-order valence-corrected chi connectivity index (χ4v) is 4.02. The zero-order valence-electron chi connectivity index (χ0n) is 20.1. The molecule has 1 atom stereocenters. The molecule has 35 heavy (non-hydrogen) atoms. The van der Waals surface area contributed by atoms with Gasteiger partial charge in [-0.15, -0.1) is 0 Å². The molecule has 0 radical (unpaired) electrons. The fraction of sp³-hybridized carbons (Fsp3) is 0.240. The van der Waals surface area contributed by atoms with Crippen LogP contribution in [0.25, 0.3) is 5.82 Å². The van der Waals surface area contributed by atoms with Crippen LogP contribution in [0.3, 0.4) is 0 Å². The van der Waals surface area contributed by atoms with E-state index in [9.17, 15) is 9.59 Å². The number of anilines is 2. The number of aryl methyl sites for hydroxylation is 4. The largest absolute Gasteiger partial charge is 0.323 e. The van der Waals surface area contributed by atoms with Gasteiger partial charge in [-0.3, -0.25) is 14.3 Å². The SMILES string of the molecule is Cc1cc(C)n(-c2ccc(C(=O)Nc3ccc(NC(=O)C(C)n4nc(C)cc4C)c(Cl)c3)cn2)n1. The number of aromatic nitrogens is 5. The number of nitrogens with one attached hydrogen (secondary N) is 2. The van der Waals surface area contributed by atoms with Crippen LogP contribution in [0.4, 0.5) is 11.4 Å². The second kappa shape index (κ2) is 9.71. The normalized spacial score (nSPS) is 11.8. The number of benzene rings is 1. The maximum absolute atomic E-state index is 12.7. The third-order valence-electron chi connectivity index (χ3n) is 5.51. The fourth-order valence-electron chi connectivity index (χ4n) is 3.79. The topological polar surface area (TPSA) is 107 Å². The molecule has 0 fully saturated rings. The van der Waals surface area contributed by atoms with Crippen LogP contribution >= 0.6 is 11.6 Å². The van der Waals surface area contributed by atoms with Crippen LogP contribution in [-0.2, 0) is 4.79 Å². The van der Waals surface area contributed by atoms with Crippen LogP contribution in [0.15, 0.2) is 48.7 Å². The van der Waals surface area contributed by atoms with Gasteiger partial charge in [0, 0.05) is 23.3 Å². The van der Waals surface area contributed by atoms with E-state index in [-0.39, 0.29) is 11.8 Å². The van der Waals surface area contributed by atoms with Crippen molar-refractivity contribution in [3.8, 4) is 5.82 Å². The van der Waals surface area contributed by atoms with Crippen molar-refractivity contribution in [3.05, 3.63) is 82.0 Å². The number of hydrogen-bond acceptors (Lipinski definition) is 5. The highest BCUT2D eigenvalue weighted by Crippen LogP contribution is 2.27. The Bertz CT molecular complexity index is 1410. The summed E-state index contributed by atoms with van der Waals surface area (Å²) in [4.78, 5) is 29.8. The van der Waals surface area contributed by atoms with E-state index in [0.29, 0.717) is 27.8 Å². The zero-order valence-corrected chi connectivity index (χ0v) is 20.9. The zero-order chi connectivity index (χ0) is 25.3. The lowest BCUT2D eigenvalue weighted by molar-refractivity contribution is -0.119. The molecule has 0 aliphatic carbocycles. The highest BCUT2D eigenvalue weighted by molar-refractivity contribution is 6.34. The van der Waals surface area contributed by atoms with Crippen molar-refractivity contribution >= 4 is 34.8 Å². The van der Waals surface area contributed by atoms with Crippen molar-refractivity contribution in [1.82, 2.24) is 24.5 Å². The molecule has 0 saturated carbocycles. The van der Waals surface area contributed by atoms with E-state index in [1.807, 2.05) is 39.8 Å². The molecule has 10 heteroatoms. The lowest BCUT2D eigenvalue weighted by Crippen LogP contribution is -2.25. The summed E-state index contributed by atoms with van der Waals surface area (Å²) in [5.41, 5.74) is 4.92. The Labute approximate surface area is 208 Å². The van der Waals surface area contributed by atoms with E-state index < -0.39 is 6.04 Å². The number of nitrogens with zero attached hydrogens (tertiary/aromatic N) is 5. The molecule has 1 aromatic carbocycles. The van der Waals surface area contributed by atoms with Gasteiger partial charge in [0.25, 0.3) is 5.91 Å². The van der Waals surface area contributed by atoms with Gasteiger partial charge in [-0.25, -0.2) is 9.67 Å². The first kappa shape index (κ1) is 24.2. The molecule has 0 spiro atoms. The average Bonchev–Trinajstić information content (AvgIpc) is 3.34. The highest BCUT2D eigenvalue weighted by atomic mass is 35.5. The minimum atomic E-state index is -0.510. The molecule has 4 rings (SSSR count). The van der Waals surface area contributed by atoms with Crippen molar-refractivity contribution in [1.29, 1.82) is 0 Å². The number of carbonyl (C=O) groups is 2. The highest BCUT2D eigenvalue weighted by Gasteiger charge is 2.19. The quantitative estimate of drug-likeness (QED) is 0.403. The van der Waals surface area contributed by atoms with Crippen LogP contribution in [-0.4, -0.2) is 36.4 Å². The predicted molar refractivity (Wildman–Crippen MR) is 135 cm³/mol. The van der Waals surface area contributed by atoms with Crippen molar-refractivity contribution in [3.63, 3.8) is 0 Å². The van der Waals surface area contributed by atoms with Crippen molar-refractivity contribution in [2.75, 3.05) is 10.6 Å². The first-order chi connectivity index (χ1) is 16.6. The minimum Gasteiger partial charge on any atom is -0.323 e. The molecule has 9 nitrogen and oxygen atoms in total. The van der Waals surface area contributed by atoms with Gasteiger partial charge in [0.05, 0.1) is 27.7 Å². The average molecular weight is 492 g/mol. The Kier molecular flexibility index (Phi) is 6.70. The monoisotopic (exact) mass is 491 g/mol. The third-order valence-corrected chi connectivity index (χ3v) is 5.83. The van der Waals surface area contributed by atoms with Gasteiger partial charge in [0.2, 0.25) is 5.91 Å². The summed E-state index contributed by atoms with van der Waals surface area (Å²) in [6, 6.07) is 11.7. The number of amides is 2. The number of pyridine rings is 1. The molecular weight excluding hydrogens is 466 g/mol. The van der Waals surface area contributed by atoms with Gasteiger partial charge in [-0.05, 0) is 77.1 Å². The molecule has 2 amide bonds. The molecule has 1 unspecified atom stereocenters. The van der Waals surface area contributed by atoms with Crippen molar-refractivity contribution < 1.29 is 9.59 Å². The lowest BCUT2D eigenvalue weighted by Gasteiger charge is -2.16. The number of rotatable bonds is 6. The molecule has 180 valence electrons. The summed E-state index contributed by atoms with van der Waals surface area (Å²) in [6.45, 7) is 9.40. The maximum atomic E-state index is 12.7. The maximum Gasteiger partial charge on any atom is 0.257 e. The molecule has 0 aliphatic rings. The lowest BCUT2D eigenvalue weighted by atomic mass is 10.2. The summed E-state index contributed by atoms with van der Waals surface area (Å²) in [5.74, 6) is 0.0528. The number of hydrogen-bond donors (Lipinski definition) is 2. The molecule has 0 bridgehead atoms. The summed E-state index contributed by atoms with van der Waals surface area (Å²) in [6.07, 6.45) is 1.50. The van der Waals surface area contributed by atoms with Gasteiger partial charge in [0.1, 0.15) is 6.04 Å². The van der Waals surface area contributed by atoms with Crippen LogP contribution in [0.5, 0.6) is 0 Å². The molecule has 0 aliphatic heterocycles. The summed E-state index contributed by atoms with van der Waals surface area (Å²) in [7, 11) is 0. The minimum absolute atomic E-state index is 0.247. The standard InChI is InChI=1S/C25H26ClN7O2/c1-14-10-16(3)32(30-14)18(5)24(34)29-22-8-7-20(12-21(22)26)28-25(35)19-6-9-23(27-13-19)33-17(4)11-15(2)31-33/h6-13,18H,1-5H3,(H,28,35)(H,29,34). The van der Waals surface area contributed by atoms with Gasteiger partial charge in [-0.1, -0.05) is 11.6 Å². The van der Waals surface area contributed by atoms with Gasteiger partial charge in [0.15, 0.2) is 5.82 Å².